The molecule has 1 atom stereocenters. The zero-order chi connectivity index (χ0) is 17.4. The van der Waals surface area contributed by atoms with Crippen LogP contribution >= 0.6 is 15.9 Å². The van der Waals surface area contributed by atoms with E-state index in [4.69, 9.17) is 9.47 Å². The highest BCUT2D eigenvalue weighted by atomic mass is 79.9. The summed E-state index contributed by atoms with van der Waals surface area (Å²) in [6.07, 6.45) is 0.439. The topological polar surface area (TPSA) is 93.7 Å². The lowest BCUT2D eigenvalue weighted by molar-refractivity contribution is -0.120. The molecule has 0 aliphatic carbocycles. The van der Waals surface area contributed by atoms with Gasteiger partial charge >= 0.3 is 0 Å². The van der Waals surface area contributed by atoms with E-state index in [0.29, 0.717) is 36.8 Å². The number of carbonyl (C=O) groups excluding carboxylic acids is 1. The fourth-order valence-corrected chi connectivity index (χ4v) is 5.42. The molecule has 2 aliphatic heterocycles. The number of amides is 1. The molecule has 132 valence electrons. The minimum atomic E-state index is -3.06. The second kappa shape index (κ2) is 6.44. The first-order valence-corrected chi connectivity index (χ1v) is 10.2. The Morgan fingerprint density at radius 2 is 1.96 bits per heavy atom. The van der Waals surface area contributed by atoms with Gasteiger partial charge in [-0.1, -0.05) is 0 Å². The maximum atomic E-state index is 12.1. The van der Waals surface area contributed by atoms with Gasteiger partial charge in [0.15, 0.2) is 21.3 Å². The van der Waals surface area contributed by atoms with Crippen molar-refractivity contribution < 1.29 is 22.7 Å². The average Bonchev–Trinajstić information content (AvgIpc) is 2.78. The third-order valence-electron chi connectivity index (χ3n) is 4.02. The molecule has 1 fully saturated rings. The zero-order valence-electron chi connectivity index (χ0n) is 13.2. The van der Waals surface area contributed by atoms with Crippen molar-refractivity contribution in [1.82, 2.24) is 5.32 Å². The fourth-order valence-electron chi connectivity index (χ4n) is 2.86. The van der Waals surface area contributed by atoms with Crippen LogP contribution in [0.2, 0.25) is 0 Å². The van der Waals surface area contributed by atoms with Crippen molar-refractivity contribution in [2.45, 2.75) is 18.9 Å². The highest BCUT2D eigenvalue weighted by Gasteiger charge is 2.39. The minimum Gasteiger partial charge on any atom is -0.486 e. The molecule has 0 spiro atoms. The predicted molar refractivity (Wildman–Crippen MR) is 93.4 cm³/mol. The monoisotopic (exact) mass is 418 g/mol. The van der Waals surface area contributed by atoms with Gasteiger partial charge in [-0.2, -0.15) is 0 Å². The SMILES string of the molecule is C[C@]1(NC(=O)CNc2cc3c(cc2Br)OCCO3)CCS(=O)(=O)C1. The lowest BCUT2D eigenvalue weighted by atomic mass is 10.0. The van der Waals surface area contributed by atoms with Gasteiger partial charge < -0.3 is 20.1 Å². The number of fused-ring (bicyclic) bond motifs is 1. The lowest BCUT2D eigenvalue weighted by Gasteiger charge is -2.24. The van der Waals surface area contributed by atoms with Crippen LogP contribution in [0, 0.1) is 0 Å². The van der Waals surface area contributed by atoms with Crippen LogP contribution in [0.1, 0.15) is 13.3 Å². The molecule has 2 heterocycles. The molecule has 1 aromatic carbocycles. The smallest absolute Gasteiger partial charge is 0.239 e. The number of nitrogens with one attached hydrogen (secondary N) is 2. The van der Waals surface area contributed by atoms with Gasteiger partial charge in [0.25, 0.3) is 0 Å². The molecule has 1 aromatic rings. The number of carbonyl (C=O) groups is 1. The molecule has 0 aromatic heterocycles. The van der Waals surface area contributed by atoms with Crippen molar-refractivity contribution in [3.8, 4) is 11.5 Å². The first-order chi connectivity index (χ1) is 11.3. The maximum absolute atomic E-state index is 12.1. The lowest BCUT2D eigenvalue weighted by Crippen LogP contribution is -2.48. The van der Waals surface area contributed by atoms with Gasteiger partial charge in [0.05, 0.1) is 29.3 Å². The van der Waals surface area contributed by atoms with Crippen LogP contribution < -0.4 is 20.1 Å². The van der Waals surface area contributed by atoms with Gasteiger partial charge in [0.1, 0.15) is 13.2 Å². The van der Waals surface area contributed by atoms with Crippen molar-refractivity contribution in [2.75, 3.05) is 36.6 Å². The third kappa shape index (κ3) is 3.94. The van der Waals surface area contributed by atoms with E-state index in [1.54, 1.807) is 19.1 Å². The molecule has 2 N–H and O–H groups in total. The number of ether oxygens (including phenoxy) is 2. The van der Waals surface area contributed by atoms with E-state index >= 15 is 0 Å². The van der Waals surface area contributed by atoms with Crippen LogP contribution in [0.3, 0.4) is 0 Å². The second-order valence-electron chi connectivity index (χ2n) is 6.28. The Labute approximate surface area is 149 Å². The Balaban J connectivity index is 1.61. The Morgan fingerprint density at radius 3 is 2.58 bits per heavy atom. The Morgan fingerprint density at radius 1 is 1.29 bits per heavy atom. The molecular formula is C15H19BrN2O5S. The molecule has 0 saturated carbocycles. The van der Waals surface area contributed by atoms with E-state index in [1.165, 1.54) is 0 Å². The largest absolute Gasteiger partial charge is 0.486 e. The first kappa shape index (κ1) is 17.3. The quantitative estimate of drug-likeness (QED) is 0.765. The first-order valence-electron chi connectivity index (χ1n) is 7.61. The van der Waals surface area contributed by atoms with Gasteiger partial charge in [0, 0.05) is 16.6 Å². The number of sulfone groups is 1. The highest BCUT2D eigenvalue weighted by molar-refractivity contribution is 9.10. The van der Waals surface area contributed by atoms with Gasteiger partial charge in [-0.15, -0.1) is 0 Å². The molecule has 1 amide bonds. The standard InChI is InChI=1S/C15H19BrN2O5S/c1-15(2-5-24(20,21)9-15)18-14(19)8-17-11-7-13-12(6-10(11)16)22-3-4-23-13/h6-7,17H,2-5,8-9H2,1H3,(H,18,19)/t15-/m0/s1. The normalized spacial score (nSPS) is 24.4. The number of anilines is 1. The summed E-state index contributed by atoms with van der Waals surface area (Å²) in [6.45, 7) is 2.79. The van der Waals surface area contributed by atoms with E-state index in [-0.39, 0.29) is 24.0 Å². The van der Waals surface area contributed by atoms with Gasteiger partial charge in [-0.3, -0.25) is 4.79 Å². The van der Waals surface area contributed by atoms with Crippen LogP contribution in [0.25, 0.3) is 0 Å². The van der Waals surface area contributed by atoms with E-state index in [2.05, 4.69) is 26.6 Å². The summed E-state index contributed by atoms with van der Waals surface area (Å²) in [5.41, 5.74) is 0.0142. The van der Waals surface area contributed by atoms with Crippen molar-refractivity contribution in [3.63, 3.8) is 0 Å². The molecule has 3 rings (SSSR count). The molecule has 0 bridgehead atoms. The number of benzene rings is 1. The number of hydrogen-bond donors (Lipinski definition) is 2. The van der Waals surface area contributed by atoms with Crippen LogP contribution in [-0.4, -0.2) is 51.1 Å². The molecule has 0 radical (unpaired) electrons. The summed E-state index contributed by atoms with van der Waals surface area (Å²) in [6, 6.07) is 3.56. The van der Waals surface area contributed by atoms with Crippen LogP contribution in [-0.2, 0) is 14.6 Å². The van der Waals surface area contributed by atoms with E-state index in [9.17, 15) is 13.2 Å². The van der Waals surface area contributed by atoms with Gasteiger partial charge in [0.2, 0.25) is 5.91 Å². The van der Waals surface area contributed by atoms with Gasteiger partial charge in [-0.05, 0) is 29.3 Å². The number of halogens is 1. The summed E-state index contributed by atoms with van der Waals surface area (Å²) >= 11 is 3.43. The van der Waals surface area contributed by atoms with E-state index in [1.807, 2.05) is 0 Å². The molecule has 0 unspecified atom stereocenters. The summed E-state index contributed by atoms with van der Waals surface area (Å²) < 4.78 is 34.9. The van der Waals surface area contributed by atoms with Crippen LogP contribution in [0.5, 0.6) is 11.5 Å². The number of rotatable bonds is 4. The Kier molecular flexibility index (Phi) is 4.65. The van der Waals surface area contributed by atoms with E-state index < -0.39 is 15.4 Å². The molecule has 24 heavy (non-hydrogen) atoms. The summed E-state index contributed by atoms with van der Waals surface area (Å²) in [4.78, 5) is 12.1. The van der Waals surface area contributed by atoms with Crippen molar-refractivity contribution >= 4 is 37.4 Å². The molecular weight excluding hydrogens is 400 g/mol. The highest BCUT2D eigenvalue weighted by Crippen LogP contribution is 2.38. The van der Waals surface area contributed by atoms with Crippen LogP contribution in [0.15, 0.2) is 16.6 Å². The Bertz CT molecular complexity index is 767. The molecule has 1 saturated heterocycles. The minimum absolute atomic E-state index is 0.0144. The average molecular weight is 419 g/mol. The zero-order valence-corrected chi connectivity index (χ0v) is 15.6. The summed E-state index contributed by atoms with van der Waals surface area (Å²) in [7, 11) is -3.06. The third-order valence-corrected chi connectivity index (χ3v) is 6.57. The van der Waals surface area contributed by atoms with Crippen molar-refractivity contribution in [2.24, 2.45) is 0 Å². The number of hydrogen-bond acceptors (Lipinski definition) is 6. The second-order valence-corrected chi connectivity index (χ2v) is 9.32. The maximum Gasteiger partial charge on any atom is 0.239 e. The van der Waals surface area contributed by atoms with Crippen molar-refractivity contribution in [1.29, 1.82) is 0 Å². The van der Waals surface area contributed by atoms with Crippen LogP contribution in [0.4, 0.5) is 5.69 Å². The predicted octanol–water partition coefficient (Wildman–Crippen LogP) is 1.33. The van der Waals surface area contributed by atoms with E-state index in [0.717, 1.165) is 4.47 Å². The Hall–Kier alpha value is -1.48. The summed E-state index contributed by atoms with van der Waals surface area (Å²) in [5, 5.41) is 5.84. The van der Waals surface area contributed by atoms with Gasteiger partial charge in [-0.25, -0.2) is 8.42 Å². The molecule has 9 heteroatoms. The summed E-state index contributed by atoms with van der Waals surface area (Å²) in [5.74, 6) is 1.13. The molecule has 7 nitrogen and oxygen atoms in total. The fraction of sp³-hybridized carbons (Fsp3) is 0.533. The molecule has 2 aliphatic rings. The van der Waals surface area contributed by atoms with Crippen molar-refractivity contribution in [3.05, 3.63) is 16.6 Å².